The molecule has 118 valence electrons. The van der Waals surface area contributed by atoms with Crippen molar-refractivity contribution in [2.24, 2.45) is 0 Å². The molecule has 1 aromatic carbocycles. The van der Waals surface area contributed by atoms with Crippen molar-refractivity contribution in [3.05, 3.63) is 29.8 Å². The zero-order valence-electron chi connectivity index (χ0n) is 12.7. The van der Waals surface area contributed by atoms with Crippen LogP contribution in [0.4, 0.5) is 0 Å². The number of ether oxygens (including phenoxy) is 1. The second kappa shape index (κ2) is 7.80. The van der Waals surface area contributed by atoms with E-state index in [1.807, 2.05) is 24.3 Å². The van der Waals surface area contributed by atoms with Crippen LogP contribution in [0.3, 0.4) is 0 Å². The van der Waals surface area contributed by atoms with E-state index in [0.717, 1.165) is 30.8 Å². The Morgan fingerprint density at radius 3 is 2.62 bits per heavy atom. The molecule has 4 nitrogen and oxygen atoms in total. The van der Waals surface area contributed by atoms with Crippen LogP contribution in [0, 0.1) is 0 Å². The van der Waals surface area contributed by atoms with Gasteiger partial charge in [0.25, 0.3) is 0 Å². The highest BCUT2D eigenvalue weighted by Gasteiger charge is 2.27. The molecule has 1 aliphatic heterocycles. The topological polar surface area (TPSA) is 55.4 Å². The van der Waals surface area contributed by atoms with Gasteiger partial charge >= 0.3 is 0 Å². The van der Waals surface area contributed by atoms with Gasteiger partial charge in [0, 0.05) is 12.6 Å². The highest BCUT2D eigenvalue weighted by atomic mass is 32.2. The second-order valence-electron chi connectivity index (χ2n) is 5.68. The van der Waals surface area contributed by atoms with E-state index in [1.54, 1.807) is 0 Å². The van der Waals surface area contributed by atoms with Crippen molar-refractivity contribution in [3.8, 4) is 5.75 Å². The van der Waals surface area contributed by atoms with Crippen LogP contribution in [0.2, 0.25) is 0 Å². The molecular weight excluding hydrogens is 286 g/mol. The molecule has 1 aromatic rings. The molecule has 1 atom stereocenters. The van der Waals surface area contributed by atoms with Gasteiger partial charge in [0.05, 0.1) is 18.1 Å². The zero-order chi connectivity index (χ0) is 15.1. The number of hydrogen-bond donors (Lipinski definition) is 1. The Morgan fingerprint density at radius 2 is 2.00 bits per heavy atom. The first kappa shape index (κ1) is 16.3. The van der Waals surface area contributed by atoms with Gasteiger partial charge in [-0.1, -0.05) is 31.9 Å². The standard InChI is InChI=1S/C16H25NO3S/c1-2-3-4-10-20-16-7-5-14(6-8-16)12-17-15-9-11-21(18,19)13-15/h5-8,15,17H,2-4,9-13H2,1H3. The Morgan fingerprint density at radius 1 is 1.24 bits per heavy atom. The molecule has 2 rings (SSSR count). The van der Waals surface area contributed by atoms with Crippen LogP contribution >= 0.6 is 0 Å². The van der Waals surface area contributed by atoms with Crippen LogP contribution in [0.15, 0.2) is 24.3 Å². The molecule has 0 amide bonds. The normalized spacial score (nSPS) is 20.5. The lowest BCUT2D eigenvalue weighted by Crippen LogP contribution is -2.29. The quantitative estimate of drug-likeness (QED) is 0.750. The predicted octanol–water partition coefficient (Wildman–Crippen LogP) is 2.53. The molecule has 1 aliphatic rings. The molecule has 21 heavy (non-hydrogen) atoms. The average Bonchev–Trinajstić information content (AvgIpc) is 2.82. The summed E-state index contributed by atoms with van der Waals surface area (Å²) in [4.78, 5) is 0. The fraction of sp³-hybridized carbons (Fsp3) is 0.625. The monoisotopic (exact) mass is 311 g/mol. The van der Waals surface area contributed by atoms with E-state index >= 15 is 0 Å². The lowest BCUT2D eigenvalue weighted by molar-refractivity contribution is 0.306. The number of unbranched alkanes of at least 4 members (excludes halogenated alkanes) is 2. The van der Waals surface area contributed by atoms with Crippen molar-refractivity contribution in [2.75, 3.05) is 18.1 Å². The molecule has 1 unspecified atom stereocenters. The minimum atomic E-state index is -2.80. The number of benzene rings is 1. The molecule has 0 spiro atoms. The first-order valence-corrected chi connectivity index (χ1v) is 9.57. The van der Waals surface area contributed by atoms with E-state index in [-0.39, 0.29) is 11.8 Å². The Kier molecular flexibility index (Phi) is 6.06. The Labute approximate surface area is 127 Å². The summed E-state index contributed by atoms with van der Waals surface area (Å²) in [6.45, 7) is 3.65. The molecule has 1 saturated heterocycles. The third-order valence-electron chi connectivity index (χ3n) is 3.77. The maximum atomic E-state index is 11.4. The van der Waals surface area contributed by atoms with Crippen molar-refractivity contribution < 1.29 is 13.2 Å². The average molecular weight is 311 g/mol. The van der Waals surface area contributed by atoms with Gasteiger partial charge in [-0.25, -0.2) is 8.42 Å². The maximum absolute atomic E-state index is 11.4. The van der Waals surface area contributed by atoms with Crippen LogP contribution in [0.25, 0.3) is 0 Å². The highest BCUT2D eigenvalue weighted by Crippen LogP contribution is 2.15. The molecule has 0 aromatic heterocycles. The number of rotatable bonds is 8. The van der Waals surface area contributed by atoms with Gasteiger partial charge in [-0.2, -0.15) is 0 Å². The van der Waals surface area contributed by atoms with Crippen LogP contribution in [0.5, 0.6) is 5.75 Å². The number of hydrogen-bond acceptors (Lipinski definition) is 4. The molecule has 0 bridgehead atoms. The first-order chi connectivity index (χ1) is 10.1. The Hall–Kier alpha value is -1.07. The van der Waals surface area contributed by atoms with Gasteiger partial charge < -0.3 is 10.1 Å². The predicted molar refractivity (Wildman–Crippen MR) is 85.4 cm³/mol. The summed E-state index contributed by atoms with van der Waals surface area (Å²) in [6, 6.07) is 8.12. The zero-order valence-corrected chi connectivity index (χ0v) is 13.5. The lowest BCUT2D eigenvalue weighted by Gasteiger charge is -2.11. The minimum Gasteiger partial charge on any atom is -0.494 e. The fourth-order valence-corrected chi connectivity index (χ4v) is 4.17. The van der Waals surface area contributed by atoms with Crippen molar-refractivity contribution in [3.63, 3.8) is 0 Å². The van der Waals surface area contributed by atoms with Crippen molar-refractivity contribution >= 4 is 9.84 Å². The summed E-state index contributed by atoms with van der Waals surface area (Å²) in [5.74, 6) is 1.49. The van der Waals surface area contributed by atoms with Crippen molar-refractivity contribution in [1.29, 1.82) is 0 Å². The third kappa shape index (κ3) is 5.67. The molecule has 0 radical (unpaired) electrons. The highest BCUT2D eigenvalue weighted by molar-refractivity contribution is 7.91. The van der Waals surface area contributed by atoms with E-state index in [1.165, 1.54) is 12.8 Å². The molecule has 0 saturated carbocycles. The number of nitrogens with one attached hydrogen (secondary N) is 1. The molecular formula is C16H25NO3S. The summed E-state index contributed by atoms with van der Waals surface area (Å²) in [7, 11) is -2.80. The fourth-order valence-electron chi connectivity index (χ4n) is 2.46. The van der Waals surface area contributed by atoms with E-state index in [4.69, 9.17) is 4.74 Å². The molecule has 1 N–H and O–H groups in total. The molecule has 5 heteroatoms. The van der Waals surface area contributed by atoms with E-state index in [2.05, 4.69) is 12.2 Å². The van der Waals surface area contributed by atoms with Gasteiger partial charge in [-0.15, -0.1) is 0 Å². The number of sulfone groups is 1. The van der Waals surface area contributed by atoms with Crippen LogP contribution in [0.1, 0.15) is 38.2 Å². The largest absolute Gasteiger partial charge is 0.494 e. The summed E-state index contributed by atoms with van der Waals surface area (Å²) in [5, 5.41) is 3.31. The molecule has 0 aliphatic carbocycles. The summed E-state index contributed by atoms with van der Waals surface area (Å²) in [5.41, 5.74) is 1.15. The van der Waals surface area contributed by atoms with E-state index in [0.29, 0.717) is 12.3 Å². The van der Waals surface area contributed by atoms with E-state index < -0.39 is 9.84 Å². The van der Waals surface area contributed by atoms with Crippen LogP contribution in [-0.2, 0) is 16.4 Å². The minimum absolute atomic E-state index is 0.0972. The maximum Gasteiger partial charge on any atom is 0.151 e. The van der Waals surface area contributed by atoms with Crippen molar-refractivity contribution in [2.45, 2.75) is 45.2 Å². The van der Waals surface area contributed by atoms with Gasteiger partial charge in [-0.3, -0.25) is 0 Å². The Balaban J connectivity index is 1.72. The SMILES string of the molecule is CCCCCOc1ccc(CNC2CCS(=O)(=O)C2)cc1. The summed E-state index contributed by atoms with van der Waals surface area (Å²) < 4.78 is 28.4. The van der Waals surface area contributed by atoms with Gasteiger partial charge in [0.1, 0.15) is 5.75 Å². The molecule has 1 heterocycles. The summed E-state index contributed by atoms with van der Waals surface area (Å²) in [6.07, 6.45) is 4.22. The van der Waals surface area contributed by atoms with Gasteiger partial charge in [-0.05, 0) is 30.5 Å². The first-order valence-electron chi connectivity index (χ1n) is 7.74. The van der Waals surface area contributed by atoms with Gasteiger partial charge in [0.15, 0.2) is 9.84 Å². The molecule has 1 fully saturated rings. The lowest BCUT2D eigenvalue weighted by atomic mass is 10.2. The van der Waals surface area contributed by atoms with E-state index in [9.17, 15) is 8.42 Å². The van der Waals surface area contributed by atoms with Crippen LogP contribution in [-0.4, -0.2) is 32.6 Å². The summed E-state index contributed by atoms with van der Waals surface area (Å²) >= 11 is 0. The van der Waals surface area contributed by atoms with Crippen molar-refractivity contribution in [1.82, 2.24) is 5.32 Å². The van der Waals surface area contributed by atoms with Crippen LogP contribution < -0.4 is 10.1 Å². The van der Waals surface area contributed by atoms with Gasteiger partial charge in [0.2, 0.25) is 0 Å². The second-order valence-corrected chi connectivity index (χ2v) is 7.91. The Bertz CT molecular complexity index is 525. The smallest absolute Gasteiger partial charge is 0.151 e. The third-order valence-corrected chi connectivity index (χ3v) is 5.54.